The number of carboxylic acids is 1. The molecule has 0 unspecified atom stereocenters. The molecule has 1 saturated carbocycles. The van der Waals surface area contributed by atoms with Gasteiger partial charge in [0.2, 0.25) is 0 Å². The summed E-state index contributed by atoms with van der Waals surface area (Å²) in [5.74, 6) is -1.04. The predicted octanol–water partition coefficient (Wildman–Crippen LogP) is 2.37. The van der Waals surface area contributed by atoms with Crippen LogP contribution in [-0.4, -0.2) is 40.1 Å². The summed E-state index contributed by atoms with van der Waals surface area (Å²) in [6.07, 6.45) is 2.50. The summed E-state index contributed by atoms with van der Waals surface area (Å²) < 4.78 is 5.43. The SMILES string of the molecule is CCc1ccc(CN(C(=O)[C@@H]2CC[C@H](C(=O)O)O2)C2CC2)cc1. The van der Waals surface area contributed by atoms with E-state index in [1.54, 1.807) is 0 Å². The summed E-state index contributed by atoms with van der Waals surface area (Å²) in [4.78, 5) is 25.6. The highest BCUT2D eigenvalue weighted by molar-refractivity contribution is 5.83. The first kappa shape index (κ1) is 16.0. The number of aryl methyl sites for hydroxylation is 1. The third kappa shape index (κ3) is 3.72. The average Bonchev–Trinajstić information content (AvgIpc) is 3.27. The van der Waals surface area contributed by atoms with Crippen molar-refractivity contribution in [3.8, 4) is 0 Å². The number of aliphatic carboxylic acids is 1. The number of rotatable bonds is 6. The number of hydrogen-bond donors (Lipinski definition) is 1. The summed E-state index contributed by atoms with van der Waals surface area (Å²) in [5, 5.41) is 9.01. The van der Waals surface area contributed by atoms with E-state index in [-0.39, 0.29) is 11.9 Å². The van der Waals surface area contributed by atoms with Gasteiger partial charge in [0, 0.05) is 12.6 Å². The molecule has 1 amide bonds. The van der Waals surface area contributed by atoms with E-state index >= 15 is 0 Å². The van der Waals surface area contributed by atoms with Crippen LogP contribution in [0.2, 0.25) is 0 Å². The molecule has 0 radical (unpaired) electrons. The minimum Gasteiger partial charge on any atom is -0.479 e. The molecular weight excluding hydrogens is 294 g/mol. The van der Waals surface area contributed by atoms with Crippen LogP contribution >= 0.6 is 0 Å². The molecule has 0 spiro atoms. The topological polar surface area (TPSA) is 66.8 Å². The van der Waals surface area contributed by atoms with Crippen molar-refractivity contribution in [2.24, 2.45) is 0 Å². The van der Waals surface area contributed by atoms with Crippen LogP contribution < -0.4 is 0 Å². The van der Waals surface area contributed by atoms with Gasteiger partial charge in [-0.05, 0) is 43.2 Å². The standard InChI is InChI=1S/C18H23NO4/c1-2-12-3-5-13(6-4-12)11-19(14-7-8-14)17(20)15-9-10-16(23-15)18(21)22/h3-6,14-16H,2,7-11H2,1H3,(H,21,22)/t15-,16+/m0/s1. The Kier molecular flexibility index (Phi) is 4.66. The molecule has 0 aromatic heterocycles. The van der Waals surface area contributed by atoms with E-state index in [4.69, 9.17) is 9.84 Å². The molecule has 1 aliphatic carbocycles. The molecular formula is C18H23NO4. The van der Waals surface area contributed by atoms with Crippen LogP contribution in [0.3, 0.4) is 0 Å². The van der Waals surface area contributed by atoms with Crippen molar-refractivity contribution >= 4 is 11.9 Å². The smallest absolute Gasteiger partial charge is 0.332 e. The summed E-state index contributed by atoms with van der Waals surface area (Å²) in [5.41, 5.74) is 2.39. The Bertz CT molecular complexity index is 579. The lowest BCUT2D eigenvalue weighted by Gasteiger charge is -2.25. The van der Waals surface area contributed by atoms with Gasteiger partial charge in [0.1, 0.15) is 6.10 Å². The zero-order valence-electron chi connectivity index (χ0n) is 13.4. The zero-order chi connectivity index (χ0) is 16.4. The number of hydrogen-bond acceptors (Lipinski definition) is 3. The van der Waals surface area contributed by atoms with E-state index in [0.29, 0.717) is 19.4 Å². The fraction of sp³-hybridized carbons (Fsp3) is 0.556. The number of benzene rings is 1. The Balaban J connectivity index is 1.66. The summed E-state index contributed by atoms with van der Waals surface area (Å²) in [6.45, 7) is 2.69. The molecule has 0 bridgehead atoms. The largest absolute Gasteiger partial charge is 0.479 e. The maximum absolute atomic E-state index is 12.7. The minimum absolute atomic E-state index is 0.0594. The second kappa shape index (κ2) is 6.71. The first-order valence-corrected chi connectivity index (χ1v) is 8.35. The summed E-state index contributed by atoms with van der Waals surface area (Å²) in [6, 6.07) is 8.60. The van der Waals surface area contributed by atoms with Crippen LogP contribution in [-0.2, 0) is 27.3 Å². The van der Waals surface area contributed by atoms with Crippen LogP contribution in [0.15, 0.2) is 24.3 Å². The molecule has 1 saturated heterocycles. The highest BCUT2D eigenvalue weighted by Crippen LogP contribution is 2.31. The van der Waals surface area contributed by atoms with E-state index in [1.807, 2.05) is 4.90 Å². The van der Waals surface area contributed by atoms with Crippen LogP contribution in [0.1, 0.15) is 43.7 Å². The van der Waals surface area contributed by atoms with Gasteiger partial charge < -0.3 is 14.7 Å². The fourth-order valence-corrected chi connectivity index (χ4v) is 3.04. The highest BCUT2D eigenvalue weighted by Gasteiger charge is 2.41. The number of ether oxygens (including phenoxy) is 1. The van der Waals surface area contributed by atoms with Crippen molar-refractivity contribution in [2.75, 3.05) is 0 Å². The van der Waals surface area contributed by atoms with Crippen molar-refractivity contribution in [2.45, 2.75) is 63.8 Å². The first-order chi connectivity index (χ1) is 11.1. The minimum atomic E-state index is -0.978. The van der Waals surface area contributed by atoms with Crippen molar-refractivity contribution in [3.05, 3.63) is 35.4 Å². The van der Waals surface area contributed by atoms with Gasteiger partial charge in [-0.3, -0.25) is 4.79 Å². The molecule has 3 rings (SSSR count). The Labute approximate surface area is 136 Å². The fourth-order valence-electron chi connectivity index (χ4n) is 3.04. The molecule has 124 valence electrons. The van der Waals surface area contributed by atoms with Gasteiger partial charge in [0.15, 0.2) is 6.10 Å². The number of nitrogens with zero attached hydrogens (tertiary/aromatic N) is 1. The molecule has 5 heteroatoms. The van der Waals surface area contributed by atoms with E-state index in [0.717, 1.165) is 24.8 Å². The van der Waals surface area contributed by atoms with Crippen molar-refractivity contribution in [1.82, 2.24) is 4.90 Å². The maximum atomic E-state index is 12.7. The molecule has 1 aromatic rings. The van der Waals surface area contributed by atoms with Gasteiger partial charge in [0.25, 0.3) is 5.91 Å². The van der Waals surface area contributed by atoms with Gasteiger partial charge in [0.05, 0.1) is 0 Å². The van der Waals surface area contributed by atoms with Gasteiger partial charge >= 0.3 is 5.97 Å². The molecule has 2 fully saturated rings. The van der Waals surface area contributed by atoms with Crippen LogP contribution in [0.25, 0.3) is 0 Å². The second-order valence-electron chi connectivity index (χ2n) is 6.40. The van der Waals surface area contributed by atoms with Gasteiger partial charge in [-0.15, -0.1) is 0 Å². The van der Waals surface area contributed by atoms with Crippen LogP contribution in [0.5, 0.6) is 0 Å². The number of carbonyl (C=O) groups is 2. The van der Waals surface area contributed by atoms with Crippen molar-refractivity contribution in [1.29, 1.82) is 0 Å². The Morgan fingerprint density at radius 3 is 2.22 bits per heavy atom. The lowest BCUT2D eigenvalue weighted by molar-refractivity contribution is -0.155. The molecule has 2 aliphatic rings. The lowest BCUT2D eigenvalue weighted by atomic mass is 10.1. The summed E-state index contributed by atoms with van der Waals surface area (Å²) >= 11 is 0. The van der Waals surface area contributed by atoms with Gasteiger partial charge in [-0.2, -0.15) is 0 Å². The molecule has 5 nitrogen and oxygen atoms in total. The molecule has 1 N–H and O–H groups in total. The molecule has 23 heavy (non-hydrogen) atoms. The molecule has 1 aliphatic heterocycles. The Morgan fingerprint density at radius 2 is 1.70 bits per heavy atom. The monoisotopic (exact) mass is 317 g/mol. The van der Waals surface area contributed by atoms with E-state index in [2.05, 4.69) is 31.2 Å². The van der Waals surface area contributed by atoms with Gasteiger partial charge in [-0.1, -0.05) is 31.2 Å². The predicted molar refractivity (Wildman–Crippen MR) is 84.9 cm³/mol. The zero-order valence-corrected chi connectivity index (χ0v) is 13.4. The highest BCUT2D eigenvalue weighted by atomic mass is 16.5. The Hall–Kier alpha value is -1.88. The van der Waals surface area contributed by atoms with Crippen LogP contribution in [0.4, 0.5) is 0 Å². The maximum Gasteiger partial charge on any atom is 0.332 e. The lowest BCUT2D eigenvalue weighted by Crippen LogP contribution is -2.40. The van der Waals surface area contributed by atoms with E-state index < -0.39 is 18.2 Å². The Morgan fingerprint density at radius 1 is 1.09 bits per heavy atom. The number of amides is 1. The van der Waals surface area contributed by atoms with Crippen LogP contribution in [0, 0.1) is 0 Å². The molecule has 2 atom stereocenters. The molecule has 1 heterocycles. The number of carbonyl (C=O) groups excluding carboxylic acids is 1. The second-order valence-corrected chi connectivity index (χ2v) is 6.40. The third-order valence-electron chi connectivity index (χ3n) is 4.63. The van der Waals surface area contributed by atoms with E-state index in [1.165, 1.54) is 5.56 Å². The third-order valence-corrected chi connectivity index (χ3v) is 4.63. The van der Waals surface area contributed by atoms with E-state index in [9.17, 15) is 9.59 Å². The summed E-state index contributed by atoms with van der Waals surface area (Å²) in [7, 11) is 0. The van der Waals surface area contributed by atoms with Gasteiger partial charge in [-0.25, -0.2) is 4.79 Å². The quantitative estimate of drug-likeness (QED) is 0.875. The number of carboxylic acid groups (broad SMARTS) is 1. The average molecular weight is 317 g/mol. The molecule has 1 aromatic carbocycles. The first-order valence-electron chi connectivity index (χ1n) is 8.35. The van der Waals surface area contributed by atoms with Crippen molar-refractivity contribution in [3.63, 3.8) is 0 Å². The normalized spacial score (nSPS) is 23.7. The van der Waals surface area contributed by atoms with Crippen molar-refractivity contribution < 1.29 is 19.4 Å².